The molecule has 3 nitrogen and oxygen atoms in total. The summed E-state index contributed by atoms with van der Waals surface area (Å²) in [5, 5.41) is 0. The van der Waals surface area contributed by atoms with E-state index in [2.05, 4.69) is 30.0 Å². The first-order valence-corrected chi connectivity index (χ1v) is 6.29. The third-order valence-electron chi connectivity index (χ3n) is 3.62. The average Bonchev–Trinajstić information content (AvgIpc) is 2.69. The Labute approximate surface area is 104 Å². The van der Waals surface area contributed by atoms with Gasteiger partial charge >= 0.3 is 0 Å². The van der Waals surface area contributed by atoms with Crippen molar-refractivity contribution in [3.8, 4) is 0 Å². The van der Waals surface area contributed by atoms with Gasteiger partial charge in [0.2, 0.25) is 0 Å². The van der Waals surface area contributed by atoms with Gasteiger partial charge in [0.05, 0.1) is 0 Å². The Bertz CT molecular complexity index is 378. The Morgan fingerprint density at radius 3 is 3.00 bits per heavy atom. The number of rotatable bonds is 5. The van der Waals surface area contributed by atoms with E-state index in [0.717, 1.165) is 26.1 Å². The lowest BCUT2D eigenvalue weighted by atomic mass is 10.0. The number of nitrogens with two attached hydrogens (primary N) is 1. The van der Waals surface area contributed by atoms with Gasteiger partial charge in [0.25, 0.3) is 0 Å². The summed E-state index contributed by atoms with van der Waals surface area (Å²) in [6.07, 6.45) is 1.07. The number of hydrogen-bond acceptors (Lipinski definition) is 3. The second-order valence-electron chi connectivity index (χ2n) is 4.71. The molecule has 1 aromatic carbocycles. The molecule has 2 N–H and O–H groups in total. The van der Waals surface area contributed by atoms with Crippen molar-refractivity contribution in [1.29, 1.82) is 0 Å². The number of ether oxygens (including phenoxy) is 1. The van der Waals surface area contributed by atoms with E-state index in [0.29, 0.717) is 12.6 Å². The quantitative estimate of drug-likeness (QED) is 0.790. The van der Waals surface area contributed by atoms with Gasteiger partial charge in [-0.15, -0.1) is 0 Å². The van der Waals surface area contributed by atoms with Gasteiger partial charge in [-0.25, -0.2) is 0 Å². The molecule has 0 bridgehead atoms. The van der Waals surface area contributed by atoms with E-state index < -0.39 is 0 Å². The lowest BCUT2D eigenvalue weighted by Gasteiger charge is -2.23. The van der Waals surface area contributed by atoms with Crippen molar-refractivity contribution in [2.24, 2.45) is 5.73 Å². The van der Waals surface area contributed by atoms with Crippen LogP contribution in [0, 0.1) is 6.92 Å². The van der Waals surface area contributed by atoms with Gasteiger partial charge in [0, 0.05) is 39.4 Å². The van der Waals surface area contributed by atoms with Gasteiger partial charge in [-0.05, 0) is 30.0 Å². The summed E-state index contributed by atoms with van der Waals surface area (Å²) in [6.45, 7) is 5.80. The van der Waals surface area contributed by atoms with Gasteiger partial charge in [-0.2, -0.15) is 0 Å². The molecule has 3 heteroatoms. The molecule has 0 saturated heterocycles. The fourth-order valence-electron chi connectivity index (χ4n) is 2.69. The number of methoxy groups -OCH3 is 1. The van der Waals surface area contributed by atoms with Gasteiger partial charge in [-0.1, -0.05) is 18.2 Å². The van der Waals surface area contributed by atoms with Crippen molar-refractivity contribution < 1.29 is 4.74 Å². The van der Waals surface area contributed by atoms with E-state index in [-0.39, 0.29) is 0 Å². The van der Waals surface area contributed by atoms with E-state index >= 15 is 0 Å². The van der Waals surface area contributed by atoms with Crippen molar-refractivity contribution in [1.82, 2.24) is 4.90 Å². The third-order valence-corrected chi connectivity index (χ3v) is 3.62. The highest BCUT2D eigenvalue weighted by atomic mass is 16.5. The van der Waals surface area contributed by atoms with Crippen LogP contribution < -0.4 is 5.73 Å². The summed E-state index contributed by atoms with van der Waals surface area (Å²) in [5.41, 5.74) is 10.2. The maximum absolute atomic E-state index is 5.92. The van der Waals surface area contributed by atoms with Gasteiger partial charge in [0.1, 0.15) is 0 Å². The standard InChI is InChI=1S/C14H22N2O/c1-11-5-3-6-12-13(11)10-16(14(12)9-15)7-4-8-17-2/h3,5-6,14H,4,7-10,15H2,1-2H3. The zero-order valence-electron chi connectivity index (χ0n) is 10.8. The average molecular weight is 234 g/mol. The molecule has 0 spiro atoms. The predicted octanol–water partition coefficient (Wildman–Crippen LogP) is 1.85. The van der Waals surface area contributed by atoms with Crippen molar-refractivity contribution in [3.63, 3.8) is 0 Å². The number of hydrogen-bond donors (Lipinski definition) is 1. The summed E-state index contributed by atoms with van der Waals surface area (Å²) < 4.78 is 5.11. The normalized spacial score (nSPS) is 19.6. The second-order valence-corrected chi connectivity index (χ2v) is 4.71. The van der Waals surface area contributed by atoms with E-state index in [1.165, 1.54) is 16.7 Å². The molecule has 94 valence electrons. The summed E-state index contributed by atoms with van der Waals surface area (Å²) in [5.74, 6) is 0. The Morgan fingerprint density at radius 2 is 2.29 bits per heavy atom. The van der Waals surface area contributed by atoms with E-state index in [1.54, 1.807) is 7.11 Å². The van der Waals surface area contributed by atoms with Gasteiger partial charge in [0.15, 0.2) is 0 Å². The van der Waals surface area contributed by atoms with Crippen LogP contribution in [0.5, 0.6) is 0 Å². The minimum atomic E-state index is 0.391. The van der Waals surface area contributed by atoms with Gasteiger partial charge in [-0.3, -0.25) is 4.90 Å². The summed E-state index contributed by atoms with van der Waals surface area (Å²) in [4.78, 5) is 2.47. The number of nitrogens with zero attached hydrogens (tertiary/aromatic N) is 1. The molecule has 0 fully saturated rings. The third kappa shape index (κ3) is 2.51. The Balaban J connectivity index is 2.11. The van der Waals surface area contributed by atoms with Crippen LogP contribution in [-0.4, -0.2) is 31.7 Å². The van der Waals surface area contributed by atoms with Crippen LogP contribution in [0.4, 0.5) is 0 Å². The van der Waals surface area contributed by atoms with E-state index in [9.17, 15) is 0 Å². The van der Waals surface area contributed by atoms with Gasteiger partial charge < -0.3 is 10.5 Å². The summed E-state index contributed by atoms with van der Waals surface area (Å²) in [6, 6.07) is 6.93. The summed E-state index contributed by atoms with van der Waals surface area (Å²) in [7, 11) is 1.75. The van der Waals surface area contributed by atoms with Crippen LogP contribution in [0.15, 0.2) is 18.2 Å². The molecule has 1 aromatic rings. The molecule has 0 aromatic heterocycles. The molecular weight excluding hydrogens is 212 g/mol. The maximum atomic E-state index is 5.92. The molecule has 17 heavy (non-hydrogen) atoms. The van der Waals surface area contributed by atoms with Crippen LogP contribution in [0.2, 0.25) is 0 Å². The molecule has 1 unspecified atom stereocenters. The maximum Gasteiger partial charge on any atom is 0.0477 e. The zero-order chi connectivity index (χ0) is 12.3. The lowest BCUT2D eigenvalue weighted by Crippen LogP contribution is -2.29. The number of benzene rings is 1. The van der Waals surface area contributed by atoms with Crippen molar-refractivity contribution >= 4 is 0 Å². The minimum absolute atomic E-state index is 0.391. The smallest absolute Gasteiger partial charge is 0.0477 e. The molecule has 1 heterocycles. The number of aryl methyl sites for hydroxylation is 1. The first kappa shape index (κ1) is 12.6. The largest absolute Gasteiger partial charge is 0.385 e. The molecule has 0 aliphatic carbocycles. The van der Waals surface area contributed by atoms with Crippen molar-refractivity contribution in [3.05, 3.63) is 34.9 Å². The Kier molecular flexibility index (Phi) is 4.15. The molecule has 1 atom stereocenters. The number of fused-ring (bicyclic) bond motifs is 1. The highest BCUT2D eigenvalue weighted by molar-refractivity contribution is 5.40. The predicted molar refractivity (Wildman–Crippen MR) is 69.9 cm³/mol. The van der Waals surface area contributed by atoms with E-state index in [4.69, 9.17) is 10.5 Å². The molecule has 2 rings (SSSR count). The monoisotopic (exact) mass is 234 g/mol. The molecule has 1 aliphatic heterocycles. The molecular formula is C14H22N2O. The summed E-state index contributed by atoms with van der Waals surface area (Å²) >= 11 is 0. The highest BCUT2D eigenvalue weighted by Gasteiger charge is 2.29. The SMILES string of the molecule is COCCCN1Cc2c(C)cccc2C1CN. The Morgan fingerprint density at radius 1 is 1.47 bits per heavy atom. The van der Waals surface area contributed by atoms with Crippen LogP contribution >= 0.6 is 0 Å². The van der Waals surface area contributed by atoms with Crippen molar-refractivity contribution in [2.45, 2.75) is 25.9 Å². The highest BCUT2D eigenvalue weighted by Crippen LogP contribution is 2.34. The Hall–Kier alpha value is -0.900. The van der Waals surface area contributed by atoms with Crippen molar-refractivity contribution in [2.75, 3.05) is 26.8 Å². The molecule has 1 aliphatic rings. The zero-order valence-corrected chi connectivity index (χ0v) is 10.8. The molecule has 0 amide bonds. The minimum Gasteiger partial charge on any atom is -0.385 e. The van der Waals surface area contributed by atoms with Crippen LogP contribution in [-0.2, 0) is 11.3 Å². The van der Waals surface area contributed by atoms with Crippen LogP contribution in [0.3, 0.4) is 0 Å². The second kappa shape index (κ2) is 5.63. The molecule has 0 radical (unpaired) electrons. The van der Waals surface area contributed by atoms with Crippen LogP contribution in [0.1, 0.15) is 29.2 Å². The lowest BCUT2D eigenvalue weighted by molar-refractivity contribution is 0.156. The fraction of sp³-hybridized carbons (Fsp3) is 0.571. The molecule has 0 saturated carbocycles. The van der Waals surface area contributed by atoms with Crippen LogP contribution in [0.25, 0.3) is 0 Å². The van der Waals surface area contributed by atoms with E-state index in [1.807, 2.05) is 0 Å². The fourth-order valence-corrected chi connectivity index (χ4v) is 2.69. The topological polar surface area (TPSA) is 38.5 Å². The first-order valence-electron chi connectivity index (χ1n) is 6.29. The first-order chi connectivity index (χ1) is 8.27.